The molecule has 0 spiro atoms. The quantitative estimate of drug-likeness (QED) is 0.590. The lowest BCUT2D eigenvalue weighted by atomic mass is 9.86. The molecule has 0 bridgehead atoms. The summed E-state index contributed by atoms with van der Waals surface area (Å²) in [6.07, 6.45) is 0. The molecule has 168 valence electrons. The summed E-state index contributed by atoms with van der Waals surface area (Å²) in [4.78, 5) is 17.5. The largest absolute Gasteiger partial charge is 0.383 e. The van der Waals surface area contributed by atoms with Gasteiger partial charge in [0.05, 0.1) is 6.61 Å². The number of likely N-dealkylation sites (tertiary alicyclic amines) is 1. The van der Waals surface area contributed by atoms with E-state index >= 15 is 0 Å². The minimum Gasteiger partial charge on any atom is -0.383 e. The Labute approximate surface area is 188 Å². The average Bonchev–Trinajstić information content (AvgIpc) is 3.12. The van der Waals surface area contributed by atoms with Crippen LogP contribution in [0, 0.1) is 25.7 Å². The fraction of sp³-hybridized carbons (Fsp3) is 0.519. The van der Waals surface area contributed by atoms with E-state index in [0.29, 0.717) is 25.0 Å². The van der Waals surface area contributed by atoms with Gasteiger partial charge in [0.25, 0.3) is 0 Å². The second-order valence-electron chi connectivity index (χ2n) is 9.34. The number of ether oxygens (including phenoxy) is 1. The highest BCUT2D eigenvalue weighted by Gasteiger charge is 2.36. The van der Waals surface area contributed by atoms with Crippen LogP contribution in [0.15, 0.2) is 48.5 Å². The van der Waals surface area contributed by atoms with Crippen LogP contribution in [-0.2, 0) is 16.1 Å². The molecule has 31 heavy (non-hydrogen) atoms. The van der Waals surface area contributed by atoms with Crippen molar-refractivity contribution in [1.29, 1.82) is 0 Å². The van der Waals surface area contributed by atoms with E-state index in [0.717, 1.165) is 26.2 Å². The van der Waals surface area contributed by atoms with Crippen LogP contribution in [0.2, 0.25) is 0 Å². The van der Waals surface area contributed by atoms with Crippen LogP contribution in [-0.4, -0.2) is 55.6 Å². The fourth-order valence-corrected chi connectivity index (χ4v) is 4.84. The number of carbonyl (C=O) groups excluding carboxylic acids is 1. The van der Waals surface area contributed by atoms with E-state index in [9.17, 15) is 4.79 Å². The van der Waals surface area contributed by atoms with Crippen molar-refractivity contribution in [2.45, 2.75) is 40.2 Å². The van der Waals surface area contributed by atoms with Crippen LogP contribution in [0.4, 0.5) is 0 Å². The van der Waals surface area contributed by atoms with Gasteiger partial charge < -0.3 is 9.64 Å². The molecule has 1 amide bonds. The first-order valence-electron chi connectivity index (χ1n) is 11.5. The number of hydrogen-bond donors (Lipinski definition) is 0. The van der Waals surface area contributed by atoms with Gasteiger partial charge in [0.1, 0.15) is 0 Å². The molecule has 4 heteroatoms. The number of amides is 1. The molecule has 1 aliphatic heterocycles. The number of nitrogens with zero attached hydrogens (tertiary/aromatic N) is 2. The summed E-state index contributed by atoms with van der Waals surface area (Å²) in [5, 5.41) is 0. The zero-order valence-electron chi connectivity index (χ0n) is 19.8. The van der Waals surface area contributed by atoms with Crippen molar-refractivity contribution in [2.24, 2.45) is 11.8 Å². The van der Waals surface area contributed by atoms with E-state index < -0.39 is 0 Å². The van der Waals surface area contributed by atoms with Gasteiger partial charge in [-0.15, -0.1) is 0 Å². The second kappa shape index (κ2) is 10.9. The van der Waals surface area contributed by atoms with Crippen molar-refractivity contribution in [3.63, 3.8) is 0 Å². The molecule has 0 radical (unpaired) electrons. The van der Waals surface area contributed by atoms with Crippen LogP contribution in [0.3, 0.4) is 0 Å². The lowest BCUT2D eigenvalue weighted by molar-refractivity contribution is -0.135. The van der Waals surface area contributed by atoms with Crippen LogP contribution in [0.1, 0.15) is 42.0 Å². The third kappa shape index (κ3) is 6.18. The summed E-state index contributed by atoms with van der Waals surface area (Å²) in [7, 11) is 1.70. The minimum absolute atomic E-state index is 0.00133. The van der Waals surface area contributed by atoms with Crippen LogP contribution >= 0.6 is 0 Å². The van der Waals surface area contributed by atoms with E-state index in [2.05, 4.69) is 67.3 Å². The lowest BCUT2D eigenvalue weighted by Crippen LogP contribution is -2.41. The van der Waals surface area contributed by atoms with Crippen molar-refractivity contribution in [1.82, 2.24) is 9.80 Å². The van der Waals surface area contributed by atoms with Crippen molar-refractivity contribution in [3.05, 3.63) is 70.8 Å². The van der Waals surface area contributed by atoms with Crippen molar-refractivity contribution < 1.29 is 9.53 Å². The Hall–Kier alpha value is -2.17. The molecule has 1 aliphatic rings. The predicted molar refractivity (Wildman–Crippen MR) is 127 cm³/mol. The highest BCUT2D eigenvalue weighted by atomic mass is 16.5. The van der Waals surface area contributed by atoms with Gasteiger partial charge in [0.2, 0.25) is 5.91 Å². The Morgan fingerprint density at radius 2 is 1.90 bits per heavy atom. The Morgan fingerprint density at radius 3 is 2.58 bits per heavy atom. The maximum absolute atomic E-state index is 12.9. The average molecular weight is 423 g/mol. The van der Waals surface area contributed by atoms with Crippen molar-refractivity contribution >= 4 is 5.91 Å². The standard InChI is InChI=1S/C27H38N2O2/c1-20(2)27(30)29(13-14-31-5)18-24-17-28(16-23-11-8-9-21(3)15-23)19-26(24)25-12-7-6-10-22(25)4/h6-12,15,20,24,26H,13-14,16-19H2,1-5H3. The topological polar surface area (TPSA) is 32.8 Å². The molecular weight excluding hydrogens is 384 g/mol. The summed E-state index contributed by atoms with van der Waals surface area (Å²) >= 11 is 0. The zero-order chi connectivity index (χ0) is 22.4. The molecule has 2 unspecified atom stereocenters. The Morgan fingerprint density at radius 1 is 1.13 bits per heavy atom. The molecule has 4 nitrogen and oxygen atoms in total. The summed E-state index contributed by atoms with van der Waals surface area (Å²) in [5.74, 6) is 1.05. The number of aryl methyl sites for hydroxylation is 2. The minimum atomic E-state index is -0.00133. The van der Waals surface area contributed by atoms with Gasteiger partial charge in [-0.2, -0.15) is 0 Å². The molecular formula is C27H38N2O2. The molecule has 2 aromatic carbocycles. The third-order valence-corrected chi connectivity index (χ3v) is 6.42. The Balaban J connectivity index is 1.83. The lowest BCUT2D eigenvalue weighted by Gasteiger charge is -2.30. The number of carbonyl (C=O) groups is 1. The second-order valence-corrected chi connectivity index (χ2v) is 9.34. The SMILES string of the molecule is COCCN(CC1CN(Cc2cccc(C)c2)CC1c1ccccc1C)C(=O)C(C)C. The number of methoxy groups -OCH3 is 1. The van der Waals surface area contributed by atoms with Gasteiger partial charge in [0.15, 0.2) is 0 Å². The first-order chi connectivity index (χ1) is 14.9. The predicted octanol–water partition coefficient (Wildman–Crippen LogP) is 4.65. The molecule has 0 N–H and O–H groups in total. The van der Waals surface area contributed by atoms with Crippen LogP contribution < -0.4 is 0 Å². The molecule has 3 rings (SSSR count). The zero-order valence-corrected chi connectivity index (χ0v) is 19.8. The molecule has 0 aromatic heterocycles. The van der Waals surface area contributed by atoms with Gasteiger partial charge >= 0.3 is 0 Å². The highest BCUT2D eigenvalue weighted by molar-refractivity contribution is 5.78. The van der Waals surface area contributed by atoms with Gasteiger partial charge in [-0.3, -0.25) is 9.69 Å². The number of rotatable bonds is 9. The maximum Gasteiger partial charge on any atom is 0.225 e. The van der Waals surface area contributed by atoms with Gasteiger partial charge in [0, 0.05) is 51.7 Å². The van der Waals surface area contributed by atoms with Crippen LogP contribution in [0.25, 0.3) is 0 Å². The third-order valence-electron chi connectivity index (χ3n) is 6.42. The normalized spacial score (nSPS) is 19.2. The fourth-order valence-electron chi connectivity index (χ4n) is 4.84. The Kier molecular flexibility index (Phi) is 8.28. The Bertz CT molecular complexity index is 864. The van der Waals surface area contributed by atoms with E-state index in [1.807, 2.05) is 18.7 Å². The number of hydrogen-bond acceptors (Lipinski definition) is 3. The molecule has 0 saturated carbocycles. The monoisotopic (exact) mass is 422 g/mol. The van der Waals surface area contributed by atoms with E-state index in [4.69, 9.17) is 4.74 Å². The highest BCUT2D eigenvalue weighted by Crippen LogP contribution is 2.36. The van der Waals surface area contributed by atoms with Crippen molar-refractivity contribution in [2.75, 3.05) is 39.9 Å². The molecule has 1 saturated heterocycles. The first-order valence-corrected chi connectivity index (χ1v) is 11.5. The number of benzene rings is 2. The molecule has 0 aliphatic carbocycles. The summed E-state index contributed by atoms with van der Waals surface area (Å²) < 4.78 is 5.30. The maximum atomic E-state index is 12.9. The van der Waals surface area contributed by atoms with Gasteiger partial charge in [-0.05, 0) is 36.5 Å². The molecule has 2 aromatic rings. The summed E-state index contributed by atoms with van der Waals surface area (Å²) in [5.41, 5.74) is 5.42. The summed E-state index contributed by atoms with van der Waals surface area (Å²) in [6.45, 7) is 13.3. The van der Waals surface area contributed by atoms with E-state index in [1.54, 1.807) is 7.11 Å². The van der Waals surface area contributed by atoms with Gasteiger partial charge in [-0.25, -0.2) is 0 Å². The van der Waals surface area contributed by atoms with Gasteiger partial charge in [-0.1, -0.05) is 67.9 Å². The molecule has 1 fully saturated rings. The molecule has 2 atom stereocenters. The van der Waals surface area contributed by atoms with E-state index in [-0.39, 0.29) is 11.8 Å². The van der Waals surface area contributed by atoms with E-state index in [1.165, 1.54) is 22.3 Å². The summed E-state index contributed by atoms with van der Waals surface area (Å²) in [6, 6.07) is 17.5. The first kappa shape index (κ1) is 23.5. The molecule has 1 heterocycles. The van der Waals surface area contributed by atoms with Crippen LogP contribution in [0.5, 0.6) is 0 Å². The smallest absolute Gasteiger partial charge is 0.225 e. The van der Waals surface area contributed by atoms with Crippen molar-refractivity contribution in [3.8, 4) is 0 Å².